The fourth-order valence-corrected chi connectivity index (χ4v) is 3.87. The molecule has 1 aliphatic carbocycles. The van der Waals surface area contributed by atoms with Gasteiger partial charge in [-0.05, 0) is 36.5 Å². The van der Waals surface area contributed by atoms with Crippen LogP contribution in [-0.4, -0.2) is 55.4 Å². The van der Waals surface area contributed by atoms with Gasteiger partial charge < -0.3 is 26.0 Å². The zero-order valence-corrected chi connectivity index (χ0v) is 19.4. The van der Waals surface area contributed by atoms with Crippen LogP contribution in [-0.2, 0) is 20.8 Å². The lowest BCUT2D eigenvalue weighted by Gasteiger charge is -2.23. The molecule has 0 saturated heterocycles. The van der Waals surface area contributed by atoms with Crippen LogP contribution in [0.1, 0.15) is 35.2 Å². The Balaban J connectivity index is 1.55. The van der Waals surface area contributed by atoms with Gasteiger partial charge in [-0.3, -0.25) is 19.2 Å². The molecule has 4 rings (SSSR count). The molecule has 2 atom stereocenters. The van der Waals surface area contributed by atoms with Gasteiger partial charge in [-0.25, -0.2) is 0 Å². The normalized spacial score (nSPS) is 21.3. The number of amides is 4. The maximum absolute atomic E-state index is 13.0. The first kappa shape index (κ1) is 24.3. The van der Waals surface area contributed by atoms with Crippen molar-refractivity contribution in [1.29, 1.82) is 0 Å². The molecule has 9 heteroatoms. The lowest BCUT2D eigenvalue weighted by atomic mass is 10.0. The number of benzene rings is 2. The van der Waals surface area contributed by atoms with Crippen LogP contribution in [0.4, 0.5) is 0 Å². The first-order chi connectivity index (χ1) is 17.0. The molecule has 2 aliphatic rings. The number of hydrogen-bond acceptors (Lipinski definition) is 5. The van der Waals surface area contributed by atoms with E-state index in [4.69, 9.17) is 4.74 Å². The maximum atomic E-state index is 13.0. The molecule has 9 nitrogen and oxygen atoms in total. The Morgan fingerprint density at radius 1 is 0.971 bits per heavy atom. The average Bonchev–Trinajstić information content (AvgIpc) is 3.69. The largest absolute Gasteiger partial charge is 0.491 e. The van der Waals surface area contributed by atoms with Gasteiger partial charge in [-0.1, -0.05) is 42.5 Å². The van der Waals surface area contributed by atoms with Gasteiger partial charge in [0.05, 0.1) is 18.5 Å². The topological polar surface area (TPSA) is 126 Å². The van der Waals surface area contributed by atoms with E-state index in [1.54, 1.807) is 24.3 Å². The highest BCUT2D eigenvalue weighted by Crippen LogP contribution is 2.27. The van der Waals surface area contributed by atoms with Crippen LogP contribution in [0, 0.1) is 5.92 Å². The van der Waals surface area contributed by atoms with Crippen molar-refractivity contribution in [3.8, 4) is 5.75 Å². The number of carbonyl (C=O) groups excluding carboxylic acids is 4. The third-order valence-corrected chi connectivity index (χ3v) is 6.00. The third-order valence-electron chi connectivity index (χ3n) is 6.00. The molecule has 35 heavy (non-hydrogen) atoms. The van der Waals surface area contributed by atoms with E-state index in [1.807, 2.05) is 30.3 Å². The summed E-state index contributed by atoms with van der Waals surface area (Å²) in [5.74, 6) is -1.03. The average molecular weight is 479 g/mol. The van der Waals surface area contributed by atoms with Crippen LogP contribution in [0.25, 0.3) is 0 Å². The summed E-state index contributed by atoms with van der Waals surface area (Å²) in [7, 11) is 0. The van der Waals surface area contributed by atoms with Crippen molar-refractivity contribution in [2.75, 3.05) is 19.7 Å². The summed E-state index contributed by atoms with van der Waals surface area (Å²) < 4.78 is 5.75. The van der Waals surface area contributed by atoms with Gasteiger partial charge >= 0.3 is 0 Å². The summed E-state index contributed by atoms with van der Waals surface area (Å²) in [5.41, 5.74) is 1.13. The highest BCUT2D eigenvalue weighted by Gasteiger charge is 2.30. The van der Waals surface area contributed by atoms with E-state index in [0.717, 1.165) is 18.4 Å². The van der Waals surface area contributed by atoms with Crippen LogP contribution in [0.3, 0.4) is 0 Å². The van der Waals surface area contributed by atoms with Crippen molar-refractivity contribution < 1.29 is 23.9 Å². The molecule has 1 heterocycles. The molecule has 4 amide bonds. The fourth-order valence-electron chi connectivity index (χ4n) is 3.87. The molecular formula is C26H30N4O5. The monoisotopic (exact) mass is 478 g/mol. The van der Waals surface area contributed by atoms with Crippen LogP contribution >= 0.6 is 0 Å². The van der Waals surface area contributed by atoms with E-state index in [-0.39, 0.29) is 37.5 Å². The Bertz CT molecular complexity index is 1070. The summed E-state index contributed by atoms with van der Waals surface area (Å²) in [6.45, 7) is 0.834. The van der Waals surface area contributed by atoms with Gasteiger partial charge in [0.25, 0.3) is 5.91 Å². The maximum Gasteiger partial charge on any atom is 0.255 e. The molecule has 2 aromatic rings. The van der Waals surface area contributed by atoms with Gasteiger partial charge in [-0.15, -0.1) is 0 Å². The second-order valence-corrected chi connectivity index (χ2v) is 8.86. The van der Waals surface area contributed by atoms with E-state index in [9.17, 15) is 19.2 Å². The first-order valence-electron chi connectivity index (χ1n) is 11.9. The number of carbonyl (C=O) groups is 4. The van der Waals surface area contributed by atoms with Gasteiger partial charge in [0.2, 0.25) is 17.7 Å². The van der Waals surface area contributed by atoms with E-state index in [0.29, 0.717) is 18.2 Å². The number of rotatable bonds is 5. The number of ether oxygens (including phenoxy) is 1. The summed E-state index contributed by atoms with van der Waals surface area (Å²) in [4.78, 5) is 51.8. The lowest BCUT2D eigenvalue weighted by molar-refractivity contribution is -0.131. The minimum atomic E-state index is -1.10. The molecule has 184 valence electrons. The summed E-state index contributed by atoms with van der Waals surface area (Å²) in [6, 6.07) is 14.1. The second-order valence-electron chi connectivity index (χ2n) is 8.86. The van der Waals surface area contributed by atoms with E-state index >= 15 is 0 Å². The predicted octanol–water partition coefficient (Wildman–Crippen LogP) is 0.937. The van der Waals surface area contributed by atoms with Crippen molar-refractivity contribution in [2.24, 2.45) is 5.92 Å². The highest BCUT2D eigenvalue weighted by atomic mass is 16.5. The van der Waals surface area contributed by atoms with Crippen LogP contribution in [0.15, 0.2) is 54.6 Å². The molecule has 1 aliphatic heterocycles. The second kappa shape index (κ2) is 11.5. The Morgan fingerprint density at radius 2 is 1.71 bits per heavy atom. The molecule has 4 N–H and O–H groups in total. The summed E-state index contributed by atoms with van der Waals surface area (Å²) >= 11 is 0. The molecule has 0 aromatic heterocycles. The Hall–Kier alpha value is -3.88. The minimum Gasteiger partial charge on any atom is -0.491 e. The Kier molecular flexibility index (Phi) is 7.97. The number of fused-ring (bicyclic) bond motifs is 1. The van der Waals surface area contributed by atoms with Crippen molar-refractivity contribution in [2.45, 2.75) is 37.8 Å². The van der Waals surface area contributed by atoms with E-state index in [1.165, 1.54) is 0 Å². The number of hydrogen-bond donors (Lipinski definition) is 4. The Morgan fingerprint density at radius 3 is 2.49 bits per heavy atom. The van der Waals surface area contributed by atoms with Crippen molar-refractivity contribution in [3.05, 3.63) is 65.7 Å². The van der Waals surface area contributed by atoms with Crippen LogP contribution in [0.5, 0.6) is 5.75 Å². The zero-order valence-electron chi connectivity index (χ0n) is 19.4. The molecule has 0 bridgehead atoms. The van der Waals surface area contributed by atoms with E-state index in [2.05, 4.69) is 21.3 Å². The molecule has 0 spiro atoms. The fraction of sp³-hybridized carbons (Fsp3) is 0.385. The van der Waals surface area contributed by atoms with Crippen LogP contribution in [0.2, 0.25) is 0 Å². The lowest BCUT2D eigenvalue weighted by Crippen LogP contribution is -2.53. The van der Waals surface area contributed by atoms with E-state index < -0.39 is 29.8 Å². The third kappa shape index (κ3) is 7.05. The predicted molar refractivity (Wildman–Crippen MR) is 129 cm³/mol. The van der Waals surface area contributed by atoms with Gasteiger partial charge in [0.15, 0.2) is 0 Å². The van der Waals surface area contributed by atoms with Crippen LogP contribution < -0.4 is 26.0 Å². The quantitative estimate of drug-likeness (QED) is 0.509. The standard InChI is InChI=1S/C26H30N4O5/c31-23-15-21(26(34)28-16-18-10-11-18)30-24(32)19-8-4-5-9-22(19)35-13-12-27-25(33)20(29-23)14-17-6-2-1-3-7-17/h1-9,18,20-21H,10-16H2,(H,27,33)(H,28,34)(H,29,31)(H,30,32)/t20-,21-/m0/s1. The highest BCUT2D eigenvalue weighted by molar-refractivity contribution is 6.01. The van der Waals surface area contributed by atoms with Gasteiger partial charge in [-0.2, -0.15) is 0 Å². The summed E-state index contributed by atoms with van der Waals surface area (Å²) in [6.07, 6.45) is 2.09. The Labute approximate surface area is 204 Å². The molecule has 0 radical (unpaired) electrons. The van der Waals surface area contributed by atoms with Gasteiger partial charge in [0.1, 0.15) is 24.4 Å². The molecule has 2 aromatic carbocycles. The van der Waals surface area contributed by atoms with Crippen molar-refractivity contribution >= 4 is 23.6 Å². The van der Waals surface area contributed by atoms with Crippen molar-refractivity contribution in [3.63, 3.8) is 0 Å². The minimum absolute atomic E-state index is 0.132. The van der Waals surface area contributed by atoms with Gasteiger partial charge in [0, 0.05) is 13.0 Å². The number of nitrogens with one attached hydrogen (secondary N) is 4. The molecular weight excluding hydrogens is 448 g/mol. The van der Waals surface area contributed by atoms with Crippen molar-refractivity contribution in [1.82, 2.24) is 21.3 Å². The zero-order chi connectivity index (χ0) is 24.6. The molecule has 1 fully saturated rings. The molecule has 0 unspecified atom stereocenters. The number of para-hydroxylation sites is 1. The first-order valence-corrected chi connectivity index (χ1v) is 11.9. The summed E-state index contributed by atoms with van der Waals surface area (Å²) in [5, 5.41) is 11.0. The molecule has 1 saturated carbocycles. The smallest absolute Gasteiger partial charge is 0.255 e. The SMILES string of the molecule is O=C1C[C@@H](C(=O)NCC2CC2)NC(=O)c2ccccc2OCCNC(=O)[C@H](Cc2ccccc2)N1.